The Morgan fingerprint density at radius 1 is 1.30 bits per heavy atom. The molecule has 0 aliphatic carbocycles. The van der Waals surface area contributed by atoms with E-state index >= 15 is 0 Å². The normalized spacial score (nSPS) is 16.1. The number of rotatable bonds is 4. The first kappa shape index (κ1) is 15.0. The van der Waals surface area contributed by atoms with Crippen LogP contribution >= 0.6 is 0 Å². The molecule has 1 N–H and O–H groups in total. The van der Waals surface area contributed by atoms with Crippen molar-refractivity contribution in [1.29, 1.82) is 0 Å². The fourth-order valence-corrected chi connectivity index (χ4v) is 2.64. The number of carbonyl (C=O) groups excluding carboxylic acids is 1. The van der Waals surface area contributed by atoms with Gasteiger partial charge < -0.3 is 15.0 Å². The van der Waals surface area contributed by atoms with Crippen molar-refractivity contribution in [2.24, 2.45) is 0 Å². The fraction of sp³-hybridized carbons (Fsp3) is 0.562. The molecule has 0 saturated carbocycles. The van der Waals surface area contributed by atoms with Gasteiger partial charge in [0.25, 0.3) is 0 Å². The van der Waals surface area contributed by atoms with Crippen molar-refractivity contribution in [3.63, 3.8) is 0 Å². The van der Waals surface area contributed by atoms with Gasteiger partial charge in [0.2, 0.25) is 0 Å². The lowest BCUT2D eigenvalue weighted by atomic mass is 9.97. The molecule has 1 heterocycles. The van der Waals surface area contributed by atoms with Gasteiger partial charge in [-0.15, -0.1) is 0 Å². The average Bonchev–Trinajstić information content (AvgIpc) is 2.48. The Hall–Kier alpha value is -1.39. The zero-order valence-corrected chi connectivity index (χ0v) is 12.7. The molecule has 1 aromatic rings. The van der Waals surface area contributed by atoms with Crippen LogP contribution in [0, 0.1) is 13.8 Å². The molecule has 1 fully saturated rings. The standard InChI is InChI=1S/C16H24N2O2/c1-12-10-15(16(19)20-3)11-14(13(12)2)4-7-18-8-5-17-6-9-18/h10-11,17H,4-9H2,1-3H3. The second kappa shape index (κ2) is 6.86. The summed E-state index contributed by atoms with van der Waals surface area (Å²) in [4.78, 5) is 14.2. The lowest BCUT2D eigenvalue weighted by Crippen LogP contribution is -2.44. The van der Waals surface area contributed by atoms with Crippen LogP contribution in [-0.4, -0.2) is 50.7 Å². The first-order valence-corrected chi connectivity index (χ1v) is 7.23. The number of ether oxygens (including phenoxy) is 1. The summed E-state index contributed by atoms with van der Waals surface area (Å²) in [6.45, 7) is 9.58. The summed E-state index contributed by atoms with van der Waals surface area (Å²) in [5.41, 5.74) is 4.35. The van der Waals surface area contributed by atoms with Crippen LogP contribution in [0.3, 0.4) is 0 Å². The van der Waals surface area contributed by atoms with Crippen LogP contribution in [-0.2, 0) is 11.2 Å². The van der Waals surface area contributed by atoms with Gasteiger partial charge in [-0.05, 0) is 49.1 Å². The molecule has 0 unspecified atom stereocenters. The number of hydrogen-bond acceptors (Lipinski definition) is 4. The highest BCUT2D eigenvalue weighted by Crippen LogP contribution is 2.18. The molecule has 1 aliphatic rings. The van der Waals surface area contributed by atoms with Gasteiger partial charge in [-0.2, -0.15) is 0 Å². The Labute approximate surface area is 121 Å². The maximum atomic E-state index is 11.7. The maximum Gasteiger partial charge on any atom is 0.337 e. The van der Waals surface area contributed by atoms with E-state index in [1.54, 1.807) is 0 Å². The highest BCUT2D eigenvalue weighted by atomic mass is 16.5. The third-order valence-electron chi connectivity index (χ3n) is 4.10. The highest BCUT2D eigenvalue weighted by Gasteiger charge is 2.13. The SMILES string of the molecule is COC(=O)c1cc(C)c(C)c(CCN2CCNCC2)c1. The van der Waals surface area contributed by atoms with Crippen LogP contribution < -0.4 is 5.32 Å². The summed E-state index contributed by atoms with van der Waals surface area (Å²) in [6.07, 6.45) is 0.984. The number of nitrogens with zero attached hydrogens (tertiary/aromatic N) is 1. The number of aryl methyl sites for hydroxylation is 1. The Kier molecular flexibility index (Phi) is 5.15. The summed E-state index contributed by atoms with van der Waals surface area (Å²) in [5, 5.41) is 3.36. The quantitative estimate of drug-likeness (QED) is 0.847. The van der Waals surface area contributed by atoms with E-state index in [1.165, 1.54) is 18.2 Å². The minimum Gasteiger partial charge on any atom is -0.465 e. The van der Waals surface area contributed by atoms with Crippen LogP contribution in [0.25, 0.3) is 0 Å². The number of nitrogens with one attached hydrogen (secondary N) is 1. The Morgan fingerprint density at radius 3 is 2.65 bits per heavy atom. The number of hydrogen-bond donors (Lipinski definition) is 1. The first-order chi connectivity index (χ1) is 9.61. The predicted molar refractivity (Wildman–Crippen MR) is 80.3 cm³/mol. The van der Waals surface area contributed by atoms with Crippen molar-refractivity contribution in [2.75, 3.05) is 39.8 Å². The molecule has 4 nitrogen and oxygen atoms in total. The minimum absolute atomic E-state index is 0.253. The largest absolute Gasteiger partial charge is 0.465 e. The fourth-order valence-electron chi connectivity index (χ4n) is 2.64. The molecule has 1 aliphatic heterocycles. The van der Waals surface area contributed by atoms with Gasteiger partial charge in [-0.1, -0.05) is 0 Å². The van der Waals surface area contributed by atoms with Crippen molar-refractivity contribution < 1.29 is 9.53 Å². The van der Waals surface area contributed by atoms with Gasteiger partial charge in [-0.3, -0.25) is 0 Å². The molecule has 1 saturated heterocycles. The van der Waals surface area contributed by atoms with Crippen LogP contribution in [0.15, 0.2) is 12.1 Å². The summed E-state index contributed by atoms with van der Waals surface area (Å²) in [5.74, 6) is -0.253. The lowest BCUT2D eigenvalue weighted by molar-refractivity contribution is 0.0600. The smallest absolute Gasteiger partial charge is 0.337 e. The van der Waals surface area contributed by atoms with Crippen molar-refractivity contribution >= 4 is 5.97 Å². The molecule has 1 aromatic carbocycles. The molecule has 2 rings (SSSR count). The van der Waals surface area contributed by atoms with Crippen LogP contribution in [0.5, 0.6) is 0 Å². The number of piperazine rings is 1. The number of esters is 1. The maximum absolute atomic E-state index is 11.7. The van der Waals surface area contributed by atoms with Gasteiger partial charge in [0, 0.05) is 32.7 Å². The van der Waals surface area contributed by atoms with Crippen LogP contribution in [0.4, 0.5) is 0 Å². The summed E-state index contributed by atoms with van der Waals surface area (Å²) < 4.78 is 4.82. The molecule has 0 spiro atoms. The Balaban J connectivity index is 2.09. The van der Waals surface area contributed by atoms with Crippen LogP contribution in [0.1, 0.15) is 27.0 Å². The molecule has 0 amide bonds. The molecule has 0 atom stereocenters. The lowest BCUT2D eigenvalue weighted by Gasteiger charge is -2.27. The van der Waals surface area contributed by atoms with E-state index in [-0.39, 0.29) is 5.97 Å². The first-order valence-electron chi connectivity index (χ1n) is 7.23. The summed E-state index contributed by atoms with van der Waals surface area (Å²) >= 11 is 0. The zero-order valence-electron chi connectivity index (χ0n) is 12.7. The van der Waals surface area contributed by atoms with E-state index < -0.39 is 0 Å². The number of benzene rings is 1. The van der Waals surface area contributed by atoms with Crippen molar-refractivity contribution in [1.82, 2.24) is 10.2 Å². The molecule has 0 aromatic heterocycles. The molecule has 4 heteroatoms. The number of methoxy groups -OCH3 is 1. The van der Waals surface area contributed by atoms with E-state index in [0.717, 1.165) is 44.7 Å². The molecule has 110 valence electrons. The van der Waals surface area contributed by atoms with Gasteiger partial charge >= 0.3 is 5.97 Å². The average molecular weight is 276 g/mol. The van der Waals surface area contributed by atoms with E-state index in [1.807, 2.05) is 12.1 Å². The molecule has 0 bridgehead atoms. The monoisotopic (exact) mass is 276 g/mol. The third kappa shape index (κ3) is 3.58. The van der Waals surface area contributed by atoms with Gasteiger partial charge in [-0.25, -0.2) is 4.79 Å². The predicted octanol–water partition coefficient (Wildman–Crippen LogP) is 1.54. The summed E-state index contributed by atoms with van der Waals surface area (Å²) in [6, 6.07) is 3.89. The van der Waals surface area contributed by atoms with E-state index in [9.17, 15) is 4.79 Å². The van der Waals surface area contributed by atoms with E-state index in [0.29, 0.717) is 5.56 Å². The van der Waals surface area contributed by atoms with Gasteiger partial charge in [0.15, 0.2) is 0 Å². The second-order valence-corrected chi connectivity index (χ2v) is 5.41. The minimum atomic E-state index is -0.253. The molecular formula is C16H24N2O2. The molecule has 20 heavy (non-hydrogen) atoms. The van der Waals surface area contributed by atoms with Crippen molar-refractivity contribution in [3.8, 4) is 0 Å². The summed E-state index contributed by atoms with van der Waals surface area (Å²) in [7, 11) is 1.43. The van der Waals surface area contributed by atoms with Gasteiger partial charge in [0.1, 0.15) is 0 Å². The Bertz CT molecular complexity index is 480. The highest BCUT2D eigenvalue weighted by molar-refractivity contribution is 5.90. The second-order valence-electron chi connectivity index (χ2n) is 5.41. The number of carbonyl (C=O) groups is 1. The third-order valence-corrected chi connectivity index (χ3v) is 4.10. The zero-order chi connectivity index (χ0) is 14.5. The Morgan fingerprint density at radius 2 is 2.00 bits per heavy atom. The topological polar surface area (TPSA) is 41.6 Å². The van der Waals surface area contributed by atoms with E-state index in [2.05, 4.69) is 24.1 Å². The molecular weight excluding hydrogens is 252 g/mol. The van der Waals surface area contributed by atoms with Crippen molar-refractivity contribution in [2.45, 2.75) is 20.3 Å². The van der Waals surface area contributed by atoms with Gasteiger partial charge in [0.05, 0.1) is 12.7 Å². The van der Waals surface area contributed by atoms with E-state index in [4.69, 9.17) is 4.74 Å². The van der Waals surface area contributed by atoms with Crippen molar-refractivity contribution in [3.05, 3.63) is 34.4 Å². The van der Waals surface area contributed by atoms with Crippen LogP contribution in [0.2, 0.25) is 0 Å². The molecule has 0 radical (unpaired) electrons.